The number of rotatable bonds is 10. The number of aromatic nitrogens is 2. The number of aryl methyl sites for hydroxylation is 1. The van der Waals surface area contributed by atoms with E-state index in [9.17, 15) is 0 Å². The van der Waals surface area contributed by atoms with Gasteiger partial charge in [-0.25, -0.2) is 9.97 Å². The van der Waals surface area contributed by atoms with Crippen molar-refractivity contribution in [2.24, 2.45) is 0 Å². The van der Waals surface area contributed by atoms with E-state index in [0.29, 0.717) is 6.04 Å². The van der Waals surface area contributed by atoms with E-state index < -0.39 is 0 Å². The van der Waals surface area contributed by atoms with Crippen LogP contribution in [-0.4, -0.2) is 36.3 Å². The van der Waals surface area contributed by atoms with Crippen LogP contribution in [0.5, 0.6) is 0 Å². The molecule has 0 spiro atoms. The van der Waals surface area contributed by atoms with Crippen LogP contribution < -0.4 is 10.6 Å². The van der Waals surface area contributed by atoms with E-state index in [1.54, 1.807) is 7.11 Å². The molecule has 1 rings (SSSR count). The molecule has 0 saturated carbocycles. The quantitative estimate of drug-likeness (QED) is 0.689. The normalized spacial score (nSPS) is 12.2. The molecule has 20 heavy (non-hydrogen) atoms. The van der Waals surface area contributed by atoms with Gasteiger partial charge in [0.25, 0.3) is 0 Å². The lowest BCUT2D eigenvalue weighted by Gasteiger charge is -2.16. The Morgan fingerprint density at radius 3 is 2.60 bits per heavy atom. The van der Waals surface area contributed by atoms with Crippen LogP contribution >= 0.6 is 0 Å². The van der Waals surface area contributed by atoms with Crippen LogP contribution in [0.2, 0.25) is 0 Å². The summed E-state index contributed by atoms with van der Waals surface area (Å²) in [6.45, 7) is 8.11. The maximum atomic E-state index is 5.10. The van der Waals surface area contributed by atoms with Crippen molar-refractivity contribution in [2.75, 3.05) is 30.9 Å². The second kappa shape index (κ2) is 9.53. The highest BCUT2D eigenvalue weighted by molar-refractivity contribution is 5.48. The van der Waals surface area contributed by atoms with Crippen molar-refractivity contribution in [2.45, 2.75) is 52.5 Å². The maximum absolute atomic E-state index is 5.10. The summed E-state index contributed by atoms with van der Waals surface area (Å²) < 4.78 is 5.10. The van der Waals surface area contributed by atoms with Gasteiger partial charge in [-0.05, 0) is 26.2 Å². The van der Waals surface area contributed by atoms with E-state index in [-0.39, 0.29) is 0 Å². The Morgan fingerprint density at radius 2 is 1.95 bits per heavy atom. The molecule has 0 aromatic carbocycles. The van der Waals surface area contributed by atoms with E-state index >= 15 is 0 Å². The zero-order valence-corrected chi connectivity index (χ0v) is 13.2. The van der Waals surface area contributed by atoms with E-state index in [4.69, 9.17) is 4.74 Å². The van der Waals surface area contributed by atoms with Crippen LogP contribution in [0, 0.1) is 0 Å². The SMILES string of the molecule is CCCNc1cc(NC(C)CCOC)nc(CCC)n1. The van der Waals surface area contributed by atoms with Gasteiger partial charge >= 0.3 is 0 Å². The molecule has 2 N–H and O–H groups in total. The van der Waals surface area contributed by atoms with Gasteiger partial charge in [0.05, 0.1) is 0 Å². The Bertz CT molecular complexity index is 384. The van der Waals surface area contributed by atoms with Crippen molar-refractivity contribution < 1.29 is 4.74 Å². The van der Waals surface area contributed by atoms with Gasteiger partial charge in [0, 0.05) is 38.8 Å². The van der Waals surface area contributed by atoms with E-state index in [0.717, 1.165) is 56.3 Å². The predicted octanol–water partition coefficient (Wildman–Crippen LogP) is 3.09. The first-order valence-corrected chi connectivity index (χ1v) is 7.56. The molecule has 0 saturated heterocycles. The topological polar surface area (TPSA) is 59.1 Å². The Labute approximate surface area is 122 Å². The summed E-state index contributed by atoms with van der Waals surface area (Å²) in [5.74, 6) is 2.70. The summed E-state index contributed by atoms with van der Waals surface area (Å²) in [5, 5.41) is 6.76. The molecule has 0 amide bonds. The molecule has 0 aliphatic heterocycles. The number of hydrogen-bond acceptors (Lipinski definition) is 5. The molecule has 0 fully saturated rings. The molecule has 0 aliphatic rings. The minimum absolute atomic E-state index is 0.332. The van der Waals surface area contributed by atoms with Crippen LogP contribution in [0.15, 0.2) is 6.07 Å². The highest BCUT2D eigenvalue weighted by Gasteiger charge is 2.07. The number of nitrogens with zero attached hydrogens (tertiary/aromatic N) is 2. The Hall–Kier alpha value is -1.36. The summed E-state index contributed by atoms with van der Waals surface area (Å²) in [6, 6.07) is 2.32. The molecule has 1 aromatic heterocycles. The standard InChI is InChI=1S/C15H28N4O/c1-5-7-13-18-14(16-9-6-2)11-15(19-13)17-12(3)8-10-20-4/h11-12H,5-10H2,1-4H3,(H2,16,17,18,19). The predicted molar refractivity (Wildman–Crippen MR) is 84.4 cm³/mol. The molecular weight excluding hydrogens is 252 g/mol. The summed E-state index contributed by atoms with van der Waals surface area (Å²) in [4.78, 5) is 9.12. The Morgan fingerprint density at radius 1 is 1.20 bits per heavy atom. The molecule has 114 valence electrons. The molecule has 1 aromatic rings. The third kappa shape index (κ3) is 6.19. The van der Waals surface area contributed by atoms with Crippen LogP contribution in [0.25, 0.3) is 0 Å². The molecule has 0 bridgehead atoms. The first-order chi connectivity index (χ1) is 9.69. The zero-order valence-electron chi connectivity index (χ0n) is 13.2. The molecule has 5 nitrogen and oxygen atoms in total. The summed E-state index contributed by atoms with van der Waals surface area (Å²) in [5.41, 5.74) is 0. The average Bonchev–Trinajstić information content (AvgIpc) is 2.43. The molecule has 0 aliphatic carbocycles. The molecular formula is C15H28N4O. The average molecular weight is 280 g/mol. The van der Waals surface area contributed by atoms with Crippen molar-refractivity contribution in [3.8, 4) is 0 Å². The maximum Gasteiger partial charge on any atom is 0.133 e. The van der Waals surface area contributed by atoms with E-state index in [1.807, 2.05) is 6.07 Å². The lowest BCUT2D eigenvalue weighted by molar-refractivity contribution is 0.191. The molecule has 0 radical (unpaired) electrons. The van der Waals surface area contributed by atoms with Crippen LogP contribution in [0.3, 0.4) is 0 Å². The molecule has 5 heteroatoms. The number of ether oxygens (including phenoxy) is 1. The van der Waals surface area contributed by atoms with Gasteiger partial charge in [0.15, 0.2) is 0 Å². The van der Waals surface area contributed by atoms with Gasteiger partial charge in [-0.15, -0.1) is 0 Å². The number of methoxy groups -OCH3 is 1. The van der Waals surface area contributed by atoms with E-state index in [2.05, 4.69) is 41.4 Å². The van der Waals surface area contributed by atoms with Crippen LogP contribution in [0.4, 0.5) is 11.6 Å². The number of nitrogens with one attached hydrogen (secondary N) is 2. The Kier molecular flexibility index (Phi) is 7.95. The Balaban J connectivity index is 2.73. The second-order valence-electron chi connectivity index (χ2n) is 5.06. The van der Waals surface area contributed by atoms with Gasteiger partial charge in [-0.2, -0.15) is 0 Å². The van der Waals surface area contributed by atoms with Crippen molar-refractivity contribution in [3.05, 3.63) is 11.9 Å². The summed E-state index contributed by atoms with van der Waals surface area (Å²) in [7, 11) is 1.73. The van der Waals surface area contributed by atoms with Crippen molar-refractivity contribution >= 4 is 11.6 Å². The van der Waals surface area contributed by atoms with Crippen LogP contribution in [0.1, 0.15) is 45.9 Å². The third-order valence-electron chi connectivity index (χ3n) is 2.95. The van der Waals surface area contributed by atoms with Gasteiger partial charge in [-0.1, -0.05) is 13.8 Å². The monoisotopic (exact) mass is 280 g/mol. The highest BCUT2D eigenvalue weighted by atomic mass is 16.5. The van der Waals surface area contributed by atoms with Crippen LogP contribution in [-0.2, 0) is 11.2 Å². The lowest BCUT2D eigenvalue weighted by Crippen LogP contribution is -2.19. The minimum atomic E-state index is 0.332. The van der Waals surface area contributed by atoms with Gasteiger partial charge in [0.1, 0.15) is 17.5 Å². The van der Waals surface area contributed by atoms with Crippen molar-refractivity contribution in [3.63, 3.8) is 0 Å². The highest BCUT2D eigenvalue weighted by Crippen LogP contribution is 2.14. The summed E-state index contributed by atoms with van der Waals surface area (Å²) >= 11 is 0. The molecule has 1 unspecified atom stereocenters. The minimum Gasteiger partial charge on any atom is -0.385 e. The van der Waals surface area contributed by atoms with Crippen molar-refractivity contribution in [1.82, 2.24) is 9.97 Å². The summed E-state index contributed by atoms with van der Waals surface area (Å²) in [6.07, 6.45) is 4.00. The first kappa shape index (κ1) is 16.7. The third-order valence-corrected chi connectivity index (χ3v) is 2.95. The van der Waals surface area contributed by atoms with Gasteiger partial charge in [-0.3, -0.25) is 0 Å². The zero-order chi connectivity index (χ0) is 14.8. The number of hydrogen-bond donors (Lipinski definition) is 2. The van der Waals surface area contributed by atoms with Crippen molar-refractivity contribution in [1.29, 1.82) is 0 Å². The molecule has 1 atom stereocenters. The fourth-order valence-electron chi connectivity index (χ4n) is 1.87. The van der Waals surface area contributed by atoms with E-state index in [1.165, 1.54) is 0 Å². The fourth-order valence-corrected chi connectivity index (χ4v) is 1.87. The lowest BCUT2D eigenvalue weighted by atomic mass is 10.2. The molecule has 1 heterocycles. The second-order valence-corrected chi connectivity index (χ2v) is 5.06. The van der Waals surface area contributed by atoms with Gasteiger partial charge in [0.2, 0.25) is 0 Å². The fraction of sp³-hybridized carbons (Fsp3) is 0.733. The largest absolute Gasteiger partial charge is 0.385 e. The van der Waals surface area contributed by atoms with Gasteiger partial charge < -0.3 is 15.4 Å². The number of anilines is 2. The smallest absolute Gasteiger partial charge is 0.133 e. The first-order valence-electron chi connectivity index (χ1n) is 7.56.